The molecule has 0 unspecified atom stereocenters. The summed E-state index contributed by atoms with van der Waals surface area (Å²) in [7, 11) is 0. The van der Waals surface area contributed by atoms with Gasteiger partial charge in [-0.15, -0.1) is 11.3 Å². The highest BCUT2D eigenvalue weighted by Gasteiger charge is 1.82. The lowest BCUT2D eigenvalue weighted by Crippen LogP contribution is -2.19. The average Bonchev–Trinajstić information content (AvgIpc) is 2.36. The lowest BCUT2D eigenvalue weighted by molar-refractivity contribution is 1.31. The highest BCUT2D eigenvalue weighted by molar-refractivity contribution is 7.07. The van der Waals surface area contributed by atoms with Crippen LogP contribution in [0.1, 0.15) is 6.92 Å². The molecule has 0 radical (unpaired) electrons. The van der Waals surface area contributed by atoms with E-state index in [2.05, 4.69) is 11.6 Å². The van der Waals surface area contributed by atoms with Crippen molar-refractivity contribution in [3.8, 4) is 0 Å². The molecule has 1 rings (SSSR count). The van der Waals surface area contributed by atoms with Gasteiger partial charge in [0, 0.05) is 0 Å². The second-order valence-corrected chi connectivity index (χ2v) is 2.68. The Labute approximate surface area is 64.0 Å². The van der Waals surface area contributed by atoms with Crippen LogP contribution in [0.3, 0.4) is 0 Å². The minimum atomic E-state index is 1.05. The molecule has 0 N–H and O–H groups in total. The second-order valence-electron chi connectivity index (χ2n) is 1.79. The first-order valence-electron chi connectivity index (χ1n) is 3.07. The summed E-state index contributed by atoms with van der Waals surface area (Å²) in [6.07, 6.45) is 5.74. The summed E-state index contributed by atoms with van der Waals surface area (Å²) < 4.78 is 1.18. The van der Waals surface area contributed by atoms with Crippen molar-refractivity contribution in [2.75, 3.05) is 0 Å². The third-order valence-electron chi connectivity index (χ3n) is 1.17. The fourth-order valence-electron chi connectivity index (χ4n) is 0.712. The van der Waals surface area contributed by atoms with Gasteiger partial charge in [0.15, 0.2) is 0 Å². The highest BCUT2D eigenvalue weighted by Crippen LogP contribution is 1.76. The van der Waals surface area contributed by atoms with Crippen LogP contribution < -0.4 is 9.88 Å². The standard InChI is InChI=1S/C8H9NS/c1-3-5-8-7(4-2)9-6-10-8/h3-6H,1H2,2H3/b7-4+,8-5+. The second kappa shape index (κ2) is 3.32. The predicted octanol–water partition coefficient (Wildman–Crippen LogP) is 0.910. The van der Waals surface area contributed by atoms with E-state index >= 15 is 0 Å². The lowest BCUT2D eigenvalue weighted by atomic mass is 10.5. The molecule has 1 aromatic rings. The summed E-state index contributed by atoms with van der Waals surface area (Å²) >= 11 is 1.63. The molecule has 2 heteroatoms. The fourth-order valence-corrected chi connectivity index (χ4v) is 1.46. The first kappa shape index (κ1) is 7.22. The van der Waals surface area contributed by atoms with Gasteiger partial charge in [-0.2, -0.15) is 0 Å². The number of allylic oxidation sites excluding steroid dienone is 1. The van der Waals surface area contributed by atoms with Crippen LogP contribution in [0.15, 0.2) is 18.2 Å². The average molecular weight is 151 g/mol. The molecule has 0 spiro atoms. The number of hydrogen-bond donors (Lipinski definition) is 0. The van der Waals surface area contributed by atoms with Gasteiger partial charge in [0.05, 0.1) is 15.4 Å². The number of thiazole rings is 1. The van der Waals surface area contributed by atoms with E-state index in [4.69, 9.17) is 0 Å². The van der Waals surface area contributed by atoms with Crippen LogP contribution in [-0.4, -0.2) is 4.98 Å². The normalized spacial score (nSPS) is 14.1. The van der Waals surface area contributed by atoms with Gasteiger partial charge in [0.1, 0.15) is 0 Å². The lowest BCUT2D eigenvalue weighted by Gasteiger charge is -1.70. The monoisotopic (exact) mass is 151 g/mol. The zero-order chi connectivity index (χ0) is 7.40. The Kier molecular flexibility index (Phi) is 2.40. The van der Waals surface area contributed by atoms with Crippen LogP contribution in [0.4, 0.5) is 0 Å². The van der Waals surface area contributed by atoms with E-state index in [0.29, 0.717) is 0 Å². The Bertz CT molecular complexity index is 321. The van der Waals surface area contributed by atoms with Gasteiger partial charge < -0.3 is 0 Å². The third kappa shape index (κ3) is 1.33. The molecule has 0 saturated heterocycles. The molecule has 52 valence electrons. The number of nitrogens with zero attached hydrogens (tertiary/aromatic N) is 1. The molecule has 0 bridgehead atoms. The van der Waals surface area contributed by atoms with Gasteiger partial charge in [-0.25, -0.2) is 4.98 Å². The SMILES string of the molecule is C=C/C=c1/scn/c1=C/C. The summed E-state index contributed by atoms with van der Waals surface area (Å²) in [5.41, 5.74) is 1.84. The summed E-state index contributed by atoms with van der Waals surface area (Å²) in [5.74, 6) is 0. The molecule has 1 aromatic heterocycles. The minimum absolute atomic E-state index is 1.05. The van der Waals surface area contributed by atoms with E-state index in [1.165, 1.54) is 4.53 Å². The van der Waals surface area contributed by atoms with Gasteiger partial charge in [-0.3, -0.25) is 0 Å². The Morgan fingerprint density at radius 3 is 3.10 bits per heavy atom. The summed E-state index contributed by atoms with van der Waals surface area (Å²) in [6.45, 7) is 5.60. The van der Waals surface area contributed by atoms with E-state index in [1.54, 1.807) is 17.4 Å². The molecule has 0 aliphatic heterocycles. The Balaban J connectivity index is 3.41. The quantitative estimate of drug-likeness (QED) is 0.581. The van der Waals surface area contributed by atoms with Crippen LogP contribution in [0.5, 0.6) is 0 Å². The molecule has 0 aromatic carbocycles. The molecule has 0 aliphatic rings. The fraction of sp³-hybridized carbons (Fsp3) is 0.125. The van der Waals surface area contributed by atoms with Crippen LogP contribution in [-0.2, 0) is 0 Å². The van der Waals surface area contributed by atoms with Gasteiger partial charge in [0.2, 0.25) is 0 Å². The van der Waals surface area contributed by atoms with Crippen LogP contribution in [0.2, 0.25) is 0 Å². The van der Waals surface area contributed by atoms with E-state index in [0.717, 1.165) is 5.35 Å². The van der Waals surface area contributed by atoms with Crippen molar-refractivity contribution in [1.29, 1.82) is 0 Å². The van der Waals surface area contributed by atoms with Crippen molar-refractivity contribution in [2.24, 2.45) is 0 Å². The van der Waals surface area contributed by atoms with E-state index in [1.807, 2.05) is 24.6 Å². The zero-order valence-corrected chi connectivity index (χ0v) is 6.69. The molecule has 0 atom stereocenters. The molecule has 1 heterocycles. The van der Waals surface area contributed by atoms with Crippen molar-refractivity contribution >= 4 is 23.5 Å². The summed E-state index contributed by atoms with van der Waals surface area (Å²) in [6, 6.07) is 0. The first-order chi connectivity index (χ1) is 4.88. The van der Waals surface area contributed by atoms with Crippen molar-refractivity contribution in [2.45, 2.75) is 6.92 Å². The number of aromatic nitrogens is 1. The van der Waals surface area contributed by atoms with Crippen molar-refractivity contribution < 1.29 is 0 Å². The predicted molar refractivity (Wildman–Crippen MR) is 46.2 cm³/mol. The van der Waals surface area contributed by atoms with Gasteiger partial charge in [-0.05, 0) is 13.0 Å². The number of hydrogen-bond acceptors (Lipinski definition) is 2. The highest BCUT2D eigenvalue weighted by atomic mass is 32.1. The summed E-state index contributed by atoms with van der Waals surface area (Å²) in [5, 5.41) is 1.05. The molecular formula is C8H9NS. The molecule has 10 heavy (non-hydrogen) atoms. The topological polar surface area (TPSA) is 12.9 Å². The maximum absolute atomic E-state index is 4.14. The molecule has 0 saturated carbocycles. The maximum Gasteiger partial charge on any atom is 0.0805 e. The molecular weight excluding hydrogens is 142 g/mol. The van der Waals surface area contributed by atoms with E-state index in [9.17, 15) is 0 Å². The minimum Gasteiger partial charge on any atom is -0.245 e. The number of rotatable bonds is 1. The summed E-state index contributed by atoms with van der Waals surface area (Å²) in [4.78, 5) is 4.14. The Morgan fingerprint density at radius 1 is 1.70 bits per heavy atom. The molecule has 0 aliphatic carbocycles. The van der Waals surface area contributed by atoms with Gasteiger partial charge in [-0.1, -0.05) is 18.7 Å². The van der Waals surface area contributed by atoms with E-state index in [-0.39, 0.29) is 0 Å². The largest absolute Gasteiger partial charge is 0.245 e. The van der Waals surface area contributed by atoms with Crippen molar-refractivity contribution in [1.82, 2.24) is 4.98 Å². The molecule has 0 amide bonds. The van der Waals surface area contributed by atoms with Crippen LogP contribution in [0.25, 0.3) is 12.2 Å². The van der Waals surface area contributed by atoms with Crippen LogP contribution in [0, 0.1) is 0 Å². The third-order valence-corrected chi connectivity index (χ3v) is 1.98. The smallest absolute Gasteiger partial charge is 0.0805 e. The molecule has 1 nitrogen and oxygen atoms in total. The first-order valence-corrected chi connectivity index (χ1v) is 3.95. The zero-order valence-electron chi connectivity index (χ0n) is 5.87. The van der Waals surface area contributed by atoms with Crippen LogP contribution >= 0.6 is 11.3 Å². The maximum atomic E-state index is 4.14. The Hall–Kier alpha value is -0.890. The van der Waals surface area contributed by atoms with Gasteiger partial charge in [0.25, 0.3) is 0 Å². The van der Waals surface area contributed by atoms with Gasteiger partial charge >= 0.3 is 0 Å². The van der Waals surface area contributed by atoms with E-state index < -0.39 is 0 Å². The molecule has 0 fully saturated rings. The van der Waals surface area contributed by atoms with Crippen molar-refractivity contribution in [3.63, 3.8) is 0 Å². The van der Waals surface area contributed by atoms with Crippen molar-refractivity contribution in [3.05, 3.63) is 28.0 Å². The Morgan fingerprint density at radius 2 is 2.50 bits per heavy atom.